The summed E-state index contributed by atoms with van der Waals surface area (Å²) in [4.78, 5) is 33.3. The summed E-state index contributed by atoms with van der Waals surface area (Å²) in [5, 5.41) is 9.15. The number of carbonyl (C=O) groups excluding carboxylic acids is 2. The largest absolute Gasteiger partial charge is 0.326 e. The van der Waals surface area contributed by atoms with Gasteiger partial charge in [0.2, 0.25) is 11.8 Å². The highest BCUT2D eigenvalue weighted by molar-refractivity contribution is 7.10. The fourth-order valence-electron chi connectivity index (χ4n) is 4.25. The maximum absolute atomic E-state index is 13.4. The molecule has 2 aromatic heterocycles. The average molecular weight is 458 g/mol. The van der Waals surface area contributed by atoms with Gasteiger partial charge >= 0.3 is 0 Å². The van der Waals surface area contributed by atoms with Crippen LogP contribution in [0.5, 0.6) is 0 Å². The minimum atomic E-state index is -0.489. The van der Waals surface area contributed by atoms with Crippen molar-refractivity contribution in [3.05, 3.63) is 94.7 Å². The van der Waals surface area contributed by atoms with E-state index in [9.17, 15) is 9.59 Å². The predicted octanol–water partition coefficient (Wildman–Crippen LogP) is 4.43. The molecular weight excluding hydrogens is 434 g/mol. The summed E-state index contributed by atoms with van der Waals surface area (Å²) < 4.78 is 1.73. The first-order chi connectivity index (χ1) is 16.1. The van der Waals surface area contributed by atoms with Crippen LogP contribution in [0.3, 0.4) is 0 Å². The van der Waals surface area contributed by atoms with Crippen molar-refractivity contribution in [2.45, 2.75) is 25.9 Å². The lowest BCUT2D eigenvalue weighted by molar-refractivity contribution is -0.122. The standard InChI is InChI=1S/C25H23N5O2S/c1-17-7-9-20(10-8-17)30-23(31)13-21(24(30)22-6-3-11-33-22)25(32)28-19-5-2-4-18(12-19)14-29-16-26-15-27-29/h2-12,15-16,21,24H,13-14H2,1H3,(H,28,32). The summed E-state index contributed by atoms with van der Waals surface area (Å²) in [5.74, 6) is -0.692. The molecule has 0 radical (unpaired) electrons. The van der Waals surface area contributed by atoms with Gasteiger partial charge in [-0.2, -0.15) is 5.10 Å². The molecule has 1 saturated heterocycles. The molecule has 1 aliphatic heterocycles. The molecule has 8 heteroatoms. The van der Waals surface area contributed by atoms with Crippen LogP contribution in [0.2, 0.25) is 0 Å². The van der Waals surface area contributed by atoms with Crippen molar-refractivity contribution in [3.63, 3.8) is 0 Å². The first-order valence-corrected chi connectivity index (χ1v) is 11.6. The molecule has 1 fully saturated rings. The van der Waals surface area contributed by atoms with E-state index in [4.69, 9.17) is 0 Å². The lowest BCUT2D eigenvalue weighted by Crippen LogP contribution is -2.32. The Labute approximate surface area is 195 Å². The Balaban J connectivity index is 1.40. The molecule has 166 valence electrons. The quantitative estimate of drug-likeness (QED) is 0.465. The van der Waals surface area contributed by atoms with Crippen molar-refractivity contribution in [1.82, 2.24) is 14.8 Å². The van der Waals surface area contributed by atoms with E-state index in [0.29, 0.717) is 12.2 Å². The van der Waals surface area contributed by atoms with Crippen LogP contribution >= 0.6 is 11.3 Å². The van der Waals surface area contributed by atoms with Gasteiger partial charge in [0.15, 0.2) is 0 Å². The number of carbonyl (C=O) groups is 2. The van der Waals surface area contributed by atoms with Crippen molar-refractivity contribution in [1.29, 1.82) is 0 Å². The van der Waals surface area contributed by atoms with Crippen LogP contribution in [0.15, 0.2) is 78.7 Å². The van der Waals surface area contributed by atoms with Gasteiger partial charge < -0.3 is 10.2 Å². The molecule has 7 nitrogen and oxygen atoms in total. The van der Waals surface area contributed by atoms with Crippen LogP contribution in [0.25, 0.3) is 0 Å². The lowest BCUT2D eigenvalue weighted by atomic mass is 9.97. The third-order valence-electron chi connectivity index (χ3n) is 5.81. The van der Waals surface area contributed by atoms with Crippen molar-refractivity contribution < 1.29 is 9.59 Å². The Morgan fingerprint density at radius 3 is 2.73 bits per heavy atom. The molecule has 3 heterocycles. The molecule has 0 aliphatic carbocycles. The van der Waals surface area contributed by atoms with E-state index in [1.54, 1.807) is 27.2 Å². The smallest absolute Gasteiger partial charge is 0.230 e. The second-order valence-corrected chi connectivity index (χ2v) is 9.13. The van der Waals surface area contributed by atoms with Crippen molar-refractivity contribution in [2.75, 3.05) is 10.2 Å². The molecule has 2 aromatic carbocycles. The maximum atomic E-state index is 13.4. The number of aryl methyl sites for hydroxylation is 1. The van der Waals surface area contributed by atoms with Gasteiger partial charge in [0, 0.05) is 22.7 Å². The average Bonchev–Trinajstić information content (AvgIpc) is 3.56. The van der Waals surface area contributed by atoms with Gasteiger partial charge in [0.1, 0.15) is 12.7 Å². The molecule has 2 atom stereocenters. The van der Waals surface area contributed by atoms with E-state index in [2.05, 4.69) is 15.4 Å². The molecule has 2 unspecified atom stereocenters. The van der Waals surface area contributed by atoms with Gasteiger partial charge in [-0.1, -0.05) is 35.9 Å². The van der Waals surface area contributed by atoms with Crippen LogP contribution in [-0.2, 0) is 16.1 Å². The summed E-state index contributed by atoms with van der Waals surface area (Å²) in [6.07, 6.45) is 3.31. The Bertz CT molecular complexity index is 1250. The first-order valence-electron chi connectivity index (χ1n) is 10.7. The molecular formula is C25H23N5O2S. The zero-order chi connectivity index (χ0) is 22.8. The fraction of sp³-hybridized carbons (Fsp3) is 0.200. The zero-order valence-electron chi connectivity index (χ0n) is 18.1. The third kappa shape index (κ3) is 4.42. The second-order valence-electron chi connectivity index (χ2n) is 8.15. The van der Waals surface area contributed by atoms with E-state index < -0.39 is 5.92 Å². The highest BCUT2D eigenvalue weighted by atomic mass is 32.1. The minimum absolute atomic E-state index is 0.0441. The van der Waals surface area contributed by atoms with Gasteiger partial charge in [-0.05, 0) is 48.2 Å². The molecule has 33 heavy (non-hydrogen) atoms. The monoisotopic (exact) mass is 457 g/mol. The number of amides is 2. The van der Waals surface area contributed by atoms with Crippen LogP contribution in [0, 0.1) is 12.8 Å². The van der Waals surface area contributed by atoms with Gasteiger partial charge in [0.25, 0.3) is 0 Å². The molecule has 1 N–H and O–H groups in total. The minimum Gasteiger partial charge on any atom is -0.326 e. The first kappa shape index (κ1) is 21.1. The van der Waals surface area contributed by atoms with Crippen LogP contribution in [0.4, 0.5) is 11.4 Å². The van der Waals surface area contributed by atoms with E-state index in [1.807, 2.05) is 73.0 Å². The van der Waals surface area contributed by atoms with Crippen molar-refractivity contribution in [2.24, 2.45) is 5.92 Å². The summed E-state index contributed by atoms with van der Waals surface area (Å²) in [7, 11) is 0. The van der Waals surface area contributed by atoms with E-state index in [1.165, 1.54) is 6.33 Å². The maximum Gasteiger partial charge on any atom is 0.230 e. The molecule has 0 spiro atoms. The molecule has 2 amide bonds. The molecule has 5 rings (SSSR count). The van der Waals surface area contributed by atoms with Gasteiger partial charge in [-0.3, -0.25) is 9.59 Å². The normalized spacial score (nSPS) is 18.0. The van der Waals surface area contributed by atoms with Crippen LogP contribution < -0.4 is 10.2 Å². The Kier molecular flexibility index (Phi) is 5.75. The molecule has 1 aliphatic rings. The Morgan fingerprint density at radius 1 is 1.15 bits per heavy atom. The fourth-order valence-corrected chi connectivity index (χ4v) is 5.13. The third-order valence-corrected chi connectivity index (χ3v) is 6.75. The van der Waals surface area contributed by atoms with E-state index in [-0.39, 0.29) is 24.3 Å². The van der Waals surface area contributed by atoms with Crippen molar-refractivity contribution >= 4 is 34.5 Å². The summed E-state index contributed by atoms with van der Waals surface area (Å²) in [5.41, 5.74) is 3.63. The molecule has 0 saturated carbocycles. The summed E-state index contributed by atoms with van der Waals surface area (Å²) >= 11 is 1.57. The highest BCUT2D eigenvalue weighted by Crippen LogP contribution is 2.43. The van der Waals surface area contributed by atoms with E-state index in [0.717, 1.165) is 21.7 Å². The van der Waals surface area contributed by atoms with Crippen molar-refractivity contribution in [3.8, 4) is 0 Å². The number of rotatable bonds is 6. The summed E-state index contributed by atoms with van der Waals surface area (Å²) in [6, 6.07) is 19.1. The number of nitrogens with zero attached hydrogens (tertiary/aromatic N) is 4. The van der Waals surface area contributed by atoms with Gasteiger partial charge in [-0.15, -0.1) is 11.3 Å². The van der Waals surface area contributed by atoms with Crippen LogP contribution in [0.1, 0.15) is 28.5 Å². The number of benzene rings is 2. The highest BCUT2D eigenvalue weighted by Gasteiger charge is 2.45. The number of nitrogens with one attached hydrogen (secondary N) is 1. The van der Waals surface area contributed by atoms with Crippen LogP contribution in [-0.4, -0.2) is 26.6 Å². The van der Waals surface area contributed by atoms with E-state index >= 15 is 0 Å². The Morgan fingerprint density at radius 2 is 2.00 bits per heavy atom. The molecule has 4 aromatic rings. The Hall–Kier alpha value is -3.78. The SMILES string of the molecule is Cc1ccc(N2C(=O)CC(C(=O)Nc3cccc(Cn4cncn4)c3)C2c2cccs2)cc1. The second kappa shape index (κ2) is 8.99. The number of thiophene rings is 1. The predicted molar refractivity (Wildman–Crippen MR) is 128 cm³/mol. The van der Waals surface area contributed by atoms with Gasteiger partial charge in [0.05, 0.1) is 18.5 Å². The number of hydrogen-bond acceptors (Lipinski definition) is 5. The lowest BCUT2D eigenvalue weighted by Gasteiger charge is -2.27. The summed E-state index contributed by atoms with van der Waals surface area (Å²) in [6.45, 7) is 2.57. The number of aromatic nitrogens is 3. The topological polar surface area (TPSA) is 80.1 Å². The molecule has 0 bridgehead atoms. The van der Waals surface area contributed by atoms with Gasteiger partial charge in [-0.25, -0.2) is 9.67 Å². The number of anilines is 2. The zero-order valence-corrected chi connectivity index (χ0v) is 18.9. The number of hydrogen-bond donors (Lipinski definition) is 1.